The summed E-state index contributed by atoms with van der Waals surface area (Å²) in [6.07, 6.45) is 1.82. The summed E-state index contributed by atoms with van der Waals surface area (Å²) in [5.41, 5.74) is 1.45. The zero-order chi connectivity index (χ0) is 20.7. The van der Waals surface area contributed by atoms with Crippen LogP contribution in [0.3, 0.4) is 0 Å². The van der Waals surface area contributed by atoms with Gasteiger partial charge in [-0.1, -0.05) is 29.8 Å². The fraction of sp³-hybridized carbons (Fsp3) is 0.182. The summed E-state index contributed by atoms with van der Waals surface area (Å²) < 4.78 is 5.79. The number of rotatable bonds is 5. The summed E-state index contributed by atoms with van der Waals surface area (Å²) in [5.74, 6) is 0.492. The molecule has 1 fully saturated rings. The number of aromatic nitrogens is 3. The first-order chi connectivity index (χ1) is 14.6. The summed E-state index contributed by atoms with van der Waals surface area (Å²) in [6, 6.07) is 15.8. The highest BCUT2D eigenvalue weighted by molar-refractivity contribution is 6.30. The fourth-order valence-corrected chi connectivity index (χ4v) is 3.59. The highest BCUT2D eigenvalue weighted by Gasteiger charge is 2.35. The standard InChI is InChI=1S/C22H17ClN4O3/c23-14-7-5-13(6-8-14)21-26-25-20(30-21)12-27(15-9-10-15)22(29)17-11-19(28)24-18-4-2-1-3-16(17)18/h1-8,11,15H,9-10,12H2,(H,24,28). The summed E-state index contributed by atoms with van der Waals surface area (Å²) in [5, 5.41) is 9.53. The Morgan fingerprint density at radius 2 is 1.90 bits per heavy atom. The van der Waals surface area contributed by atoms with Gasteiger partial charge < -0.3 is 14.3 Å². The van der Waals surface area contributed by atoms with E-state index in [0.29, 0.717) is 33.3 Å². The van der Waals surface area contributed by atoms with Gasteiger partial charge in [0.25, 0.3) is 5.91 Å². The molecule has 1 saturated carbocycles. The molecule has 8 heteroatoms. The van der Waals surface area contributed by atoms with Gasteiger partial charge in [0, 0.05) is 33.6 Å². The van der Waals surface area contributed by atoms with Gasteiger partial charge in [-0.15, -0.1) is 10.2 Å². The predicted octanol–water partition coefficient (Wildman–Crippen LogP) is 4.04. The topological polar surface area (TPSA) is 92.1 Å². The van der Waals surface area contributed by atoms with Gasteiger partial charge in [-0.3, -0.25) is 9.59 Å². The normalized spacial score (nSPS) is 13.5. The van der Waals surface area contributed by atoms with Gasteiger partial charge >= 0.3 is 0 Å². The second-order valence-corrected chi connectivity index (χ2v) is 7.70. The molecule has 0 aliphatic heterocycles. The molecule has 7 nitrogen and oxygen atoms in total. The van der Waals surface area contributed by atoms with E-state index < -0.39 is 0 Å². The number of halogens is 1. The molecule has 2 aromatic carbocycles. The van der Waals surface area contributed by atoms with Crippen LogP contribution in [0.25, 0.3) is 22.4 Å². The lowest BCUT2D eigenvalue weighted by Gasteiger charge is -2.21. The molecule has 150 valence electrons. The van der Waals surface area contributed by atoms with Crippen LogP contribution in [0.1, 0.15) is 29.1 Å². The van der Waals surface area contributed by atoms with E-state index in [4.69, 9.17) is 16.0 Å². The molecular formula is C22H17ClN4O3. The SMILES string of the molecule is O=C(c1cc(=O)[nH]c2ccccc12)N(Cc1nnc(-c2ccc(Cl)cc2)o1)C1CC1. The Kier molecular flexibility index (Phi) is 4.59. The van der Waals surface area contributed by atoms with Gasteiger partial charge in [-0.2, -0.15) is 0 Å². The Balaban J connectivity index is 1.45. The van der Waals surface area contributed by atoms with Gasteiger partial charge in [0.15, 0.2) is 0 Å². The summed E-state index contributed by atoms with van der Waals surface area (Å²) in [7, 11) is 0. The van der Waals surface area contributed by atoms with Crippen LogP contribution in [-0.2, 0) is 6.54 Å². The van der Waals surface area contributed by atoms with Crippen molar-refractivity contribution >= 4 is 28.4 Å². The van der Waals surface area contributed by atoms with Crippen LogP contribution >= 0.6 is 11.6 Å². The summed E-state index contributed by atoms with van der Waals surface area (Å²) in [4.78, 5) is 29.9. The monoisotopic (exact) mass is 420 g/mol. The lowest BCUT2D eigenvalue weighted by molar-refractivity contribution is 0.0716. The Labute approximate surface area is 176 Å². The Morgan fingerprint density at radius 1 is 1.13 bits per heavy atom. The molecule has 1 N–H and O–H groups in total. The van der Waals surface area contributed by atoms with E-state index in [2.05, 4.69) is 15.2 Å². The lowest BCUT2D eigenvalue weighted by Crippen LogP contribution is -2.33. The van der Waals surface area contributed by atoms with Crippen molar-refractivity contribution in [3.05, 3.63) is 81.4 Å². The van der Waals surface area contributed by atoms with Crippen molar-refractivity contribution in [1.29, 1.82) is 0 Å². The van der Waals surface area contributed by atoms with E-state index in [1.54, 1.807) is 35.2 Å². The average Bonchev–Trinajstić information content (AvgIpc) is 3.49. The van der Waals surface area contributed by atoms with E-state index >= 15 is 0 Å². The maximum atomic E-state index is 13.4. The zero-order valence-corrected chi connectivity index (χ0v) is 16.6. The minimum atomic E-state index is -0.310. The van der Waals surface area contributed by atoms with Crippen LogP contribution in [0, 0.1) is 0 Å². The number of benzene rings is 2. The molecule has 1 aliphatic carbocycles. The minimum absolute atomic E-state index is 0.0985. The van der Waals surface area contributed by atoms with E-state index in [-0.39, 0.29) is 24.1 Å². The molecular weight excluding hydrogens is 404 g/mol. The largest absolute Gasteiger partial charge is 0.419 e. The van der Waals surface area contributed by atoms with Crippen LogP contribution in [0.4, 0.5) is 0 Å². The Bertz CT molecular complexity index is 1290. The number of aromatic amines is 1. The fourth-order valence-electron chi connectivity index (χ4n) is 3.46. The van der Waals surface area contributed by atoms with Gasteiger partial charge in [0.2, 0.25) is 17.3 Å². The van der Waals surface area contributed by atoms with Crippen molar-refractivity contribution in [3.8, 4) is 11.5 Å². The number of carbonyl (C=O) groups excluding carboxylic acids is 1. The van der Waals surface area contributed by atoms with Gasteiger partial charge in [-0.05, 0) is 43.2 Å². The first-order valence-electron chi connectivity index (χ1n) is 9.60. The van der Waals surface area contributed by atoms with Crippen molar-refractivity contribution in [2.45, 2.75) is 25.4 Å². The van der Waals surface area contributed by atoms with Gasteiger partial charge in [-0.25, -0.2) is 0 Å². The molecule has 30 heavy (non-hydrogen) atoms. The quantitative estimate of drug-likeness (QED) is 0.526. The molecule has 0 spiro atoms. The van der Waals surface area contributed by atoms with Crippen LogP contribution in [0.5, 0.6) is 0 Å². The summed E-state index contributed by atoms with van der Waals surface area (Å²) >= 11 is 5.93. The van der Waals surface area contributed by atoms with Gasteiger partial charge in [0.05, 0.1) is 12.1 Å². The van der Waals surface area contributed by atoms with Crippen molar-refractivity contribution in [2.75, 3.05) is 0 Å². The molecule has 0 atom stereocenters. The maximum absolute atomic E-state index is 13.4. The third-order valence-corrected chi connectivity index (χ3v) is 5.35. The first-order valence-corrected chi connectivity index (χ1v) is 9.97. The number of hydrogen-bond donors (Lipinski definition) is 1. The first kappa shape index (κ1) is 18.6. The third kappa shape index (κ3) is 3.59. The van der Waals surface area contributed by atoms with Crippen molar-refractivity contribution in [1.82, 2.24) is 20.1 Å². The van der Waals surface area contributed by atoms with E-state index in [9.17, 15) is 9.59 Å². The number of H-pyrrole nitrogens is 1. The van der Waals surface area contributed by atoms with Crippen LogP contribution in [0.2, 0.25) is 5.02 Å². The maximum Gasteiger partial charge on any atom is 0.255 e. The smallest absolute Gasteiger partial charge is 0.255 e. The number of para-hydroxylation sites is 1. The second-order valence-electron chi connectivity index (χ2n) is 7.26. The zero-order valence-electron chi connectivity index (χ0n) is 15.8. The van der Waals surface area contributed by atoms with E-state index in [0.717, 1.165) is 18.4 Å². The van der Waals surface area contributed by atoms with Crippen molar-refractivity contribution < 1.29 is 9.21 Å². The Hall–Kier alpha value is -3.45. The molecule has 1 amide bonds. The van der Waals surface area contributed by atoms with Crippen LogP contribution in [-0.4, -0.2) is 32.0 Å². The third-order valence-electron chi connectivity index (χ3n) is 5.09. The van der Waals surface area contributed by atoms with Crippen molar-refractivity contribution in [2.24, 2.45) is 0 Å². The summed E-state index contributed by atoms with van der Waals surface area (Å²) in [6.45, 7) is 0.186. The number of amides is 1. The van der Waals surface area contributed by atoms with Crippen LogP contribution in [0.15, 0.2) is 63.8 Å². The average molecular weight is 421 g/mol. The predicted molar refractivity (Wildman–Crippen MR) is 112 cm³/mol. The number of nitrogens with one attached hydrogen (secondary N) is 1. The minimum Gasteiger partial charge on any atom is -0.419 e. The molecule has 0 bridgehead atoms. The molecule has 1 aliphatic rings. The number of fused-ring (bicyclic) bond motifs is 1. The number of nitrogens with zero attached hydrogens (tertiary/aromatic N) is 3. The highest BCUT2D eigenvalue weighted by atomic mass is 35.5. The van der Waals surface area contributed by atoms with E-state index in [1.807, 2.05) is 18.2 Å². The van der Waals surface area contributed by atoms with Crippen LogP contribution < -0.4 is 5.56 Å². The molecule has 2 heterocycles. The van der Waals surface area contributed by atoms with Gasteiger partial charge in [0.1, 0.15) is 0 Å². The number of pyridine rings is 1. The molecule has 0 radical (unpaired) electrons. The second kappa shape index (κ2) is 7.42. The molecule has 0 saturated heterocycles. The highest BCUT2D eigenvalue weighted by Crippen LogP contribution is 2.31. The number of hydrogen-bond acceptors (Lipinski definition) is 5. The lowest BCUT2D eigenvalue weighted by atomic mass is 10.1. The van der Waals surface area contributed by atoms with E-state index in [1.165, 1.54) is 6.07 Å². The number of carbonyl (C=O) groups is 1. The Morgan fingerprint density at radius 3 is 2.67 bits per heavy atom. The molecule has 4 aromatic rings. The molecule has 5 rings (SSSR count). The van der Waals surface area contributed by atoms with Crippen molar-refractivity contribution in [3.63, 3.8) is 0 Å². The molecule has 2 aromatic heterocycles. The molecule has 0 unspecified atom stereocenters.